The summed E-state index contributed by atoms with van der Waals surface area (Å²) in [4.78, 5) is 19.5. The summed E-state index contributed by atoms with van der Waals surface area (Å²) in [5.41, 5.74) is 0.882. The number of likely N-dealkylation sites (tertiary alicyclic amines) is 1. The third-order valence-electron chi connectivity index (χ3n) is 5.08. The second kappa shape index (κ2) is 6.59. The largest absolute Gasteiger partial charge is 0.340 e. The van der Waals surface area contributed by atoms with Crippen LogP contribution in [-0.2, 0) is 11.8 Å². The Balaban J connectivity index is 1.46. The molecule has 1 amide bonds. The maximum atomic E-state index is 13.0. The van der Waals surface area contributed by atoms with Crippen LogP contribution < -0.4 is 5.32 Å². The minimum atomic E-state index is -0.375. The number of hydrogen-bond donors (Lipinski definition) is 1. The van der Waals surface area contributed by atoms with Crippen LogP contribution in [0.2, 0.25) is 0 Å². The van der Waals surface area contributed by atoms with Gasteiger partial charge in [-0.2, -0.15) is 10.1 Å². The predicted molar refractivity (Wildman–Crippen MR) is 89.8 cm³/mol. The standard InChI is InChI=1S/C17H24N6O2/c1-18-14(13-8-19-22(2)9-13)17(24)23-7-3-4-12(10-23)15-20-16(25-21-15)11-5-6-11/h8-9,11-12,14,18H,3-7,10H2,1-2H3. The van der Waals surface area contributed by atoms with Gasteiger partial charge in [0.25, 0.3) is 0 Å². The van der Waals surface area contributed by atoms with Crippen LogP contribution >= 0.6 is 0 Å². The third kappa shape index (κ3) is 3.30. The molecule has 2 atom stereocenters. The highest BCUT2D eigenvalue weighted by Gasteiger charge is 2.34. The molecule has 0 aromatic carbocycles. The molecule has 134 valence electrons. The van der Waals surface area contributed by atoms with Crippen LogP contribution in [0.15, 0.2) is 16.9 Å². The van der Waals surface area contributed by atoms with E-state index in [1.165, 1.54) is 0 Å². The number of carbonyl (C=O) groups excluding carboxylic acids is 1. The van der Waals surface area contributed by atoms with Gasteiger partial charge in [0.05, 0.1) is 6.20 Å². The van der Waals surface area contributed by atoms with Gasteiger partial charge in [0.1, 0.15) is 6.04 Å². The molecule has 1 saturated carbocycles. The van der Waals surface area contributed by atoms with Gasteiger partial charge >= 0.3 is 0 Å². The Labute approximate surface area is 146 Å². The van der Waals surface area contributed by atoms with Crippen molar-refractivity contribution >= 4 is 5.91 Å². The first-order valence-electron chi connectivity index (χ1n) is 8.94. The van der Waals surface area contributed by atoms with Crippen molar-refractivity contribution in [1.29, 1.82) is 0 Å². The molecule has 2 aromatic rings. The maximum Gasteiger partial charge on any atom is 0.244 e. The highest BCUT2D eigenvalue weighted by molar-refractivity contribution is 5.83. The zero-order valence-electron chi connectivity index (χ0n) is 14.7. The second-order valence-corrected chi connectivity index (χ2v) is 7.06. The fourth-order valence-electron chi connectivity index (χ4n) is 3.50. The summed E-state index contributed by atoms with van der Waals surface area (Å²) in [5.74, 6) is 2.21. The molecule has 3 heterocycles. The summed E-state index contributed by atoms with van der Waals surface area (Å²) in [5, 5.41) is 11.5. The number of rotatable bonds is 5. The molecule has 25 heavy (non-hydrogen) atoms. The fraction of sp³-hybridized carbons (Fsp3) is 0.647. The number of likely N-dealkylation sites (N-methyl/N-ethyl adjacent to an activating group) is 1. The Kier molecular flexibility index (Phi) is 4.29. The van der Waals surface area contributed by atoms with E-state index in [0.29, 0.717) is 12.5 Å². The first kappa shape index (κ1) is 16.3. The Morgan fingerprint density at radius 3 is 2.88 bits per heavy atom. The predicted octanol–water partition coefficient (Wildman–Crippen LogP) is 1.35. The van der Waals surface area contributed by atoms with Crippen molar-refractivity contribution in [1.82, 2.24) is 30.1 Å². The van der Waals surface area contributed by atoms with Gasteiger partial charge in [-0.1, -0.05) is 5.16 Å². The van der Waals surface area contributed by atoms with Gasteiger partial charge in [0.2, 0.25) is 11.8 Å². The van der Waals surface area contributed by atoms with Crippen LogP contribution in [0.5, 0.6) is 0 Å². The highest BCUT2D eigenvalue weighted by atomic mass is 16.5. The molecule has 1 aliphatic carbocycles. The van der Waals surface area contributed by atoms with E-state index < -0.39 is 0 Å². The molecule has 0 bridgehead atoms. The molecule has 0 radical (unpaired) electrons. The van der Waals surface area contributed by atoms with Crippen LogP contribution in [0, 0.1) is 0 Å². The van der Waals surface area contributed by atoms with Gasteiger partial charge < -0.3 is 14.7 Å². The smallest absolute Gasteiger partial charge is 0.244 e. The lowest BCUT2D eigenvalue weighted by Crippen LogP contribution is -2.44. The van der Waals surface area contributed by atoms with E-state index in [1.54, 1.807) is 17.9 Å². The lowest BCUT2D eigenvalue weighted by molar-refractivity contribution is -0.134. The van der Waals surface area contributed by atoms with Crippen LogP contribution in [0.3, 0.4) is 0 Å². The van der Waals surface area contributed by atoms with Crippen molar-refractivity contribution in [2.24, 2.45) is 7.05 Å². The van der Waals surface area contributed by atoms with E-state index in [4.69, 9.17) is 4.52 Å². The molecular weight excluding hydrogens is 320 g/mol. The Morgan fingerprint density at radius 2 is 2.20 bits per heavy atom. The van der Waals surface area contributed by atoms with Gasteiger partial charge in [-0.05, 0) is 32.7 Å². The van der Waals surface area contributed by atoms with Gasteiger partial charge in [0.15, 0.2) is 5.82 Å². The van der Waals surface area contributed by atoms with E-state index in [9.17, 15) is 4.79 Å². The van der Waals surface area contributed by atoms with Crippen LogP contribution in [0.25, 0.3) is 0 Å². The molecule has 2 aromatic heterocycles. The van der Waals surface area contributed by atoms with Gasteiger partial charge in [0, 0.05) is 43.7 Å². The lowest BCUT2D eigenvalue weighted by Gasteiger charge is -2.33. The number of amides is 1. The quantitative estimate of drug-likeness (QED) is 0.881. The number of nitrogens with zero attached hydrogens (tertiary/aromatic N) is 5. The number of aryl methyl sites for hydroxylation is 1. The topological polar surface area (TPSA) is 89.1 Å². The van der Waals surface area contributed by atoms with E-state index in [2.05, 4.69) is 20.6 Å². The number of aromatic nitrogens is 4. The highest BCUT2D eigenvalue weighted by Crippen LogP contribution is 2.39. The first-order chi connectivity index (χ1) is 12.2. The summed E-state index contributed by atoms with van der Waals surface area (Å²) in [7, 11) is 3.66. The van der Waals surface area contributed by atoms with Crippen molar-refractivity contribution in [3.8, 4) is 0 Å². The van der Waals surface area contributed by atoms with Crippen molar-refractivity contribution in [3.05, 3.63) is 29.7 Å². The molecule has 2 fully saturated rings. The third-order valence-corrected chi connectivity index (χ3v) is 5.08. The van der Waals surface area contributed by atoms with E-state index in [1.807, 2.05) is 18.1 Å². The zero-order chi connectivity index (χ0) is 17.4. The molecule has 8 heteroatoms. The Hall–Kier alpha value is -2.22. The average molecular weight is 344 g/mol. The van der Waals surface area contributed by atoms with Gasteiger partial charge in [-0.3, -0.25) is 9.48 Å². The van der Waals surface area contributed by atoms with E-state index >= 15 is 0 Å². The number of hydrogen-bond acceptors (Lipinski definition) is 6. The van der Waals surface area contributed by atoms with Gasteiger partial charge in [-0.15, -0.1) is 0 Å². The summed E-state index contributed by atoms with van der Waals surface area (Å²) >= 11 is 0. The molecule has 2 unspecified atom stereocenters. The summed E-state index contributed by atoms with van der Waals surface area (Å²) < 4.78 is 7.10. The number of piperidine rings is 1. The zero-order valence-corrected chi connectivity index (χ0v) is 14.7. The van der Waals surface area contributed by atoms with Crippen molar-refractivity contribution in [3.63, 3.8) is 0 Å². The monoisotopic (exact) mass is 344 g/mol. The molecule has 1 N–H and O–H groups in total. The van der Waals surface area contributed by atoms with Gasteiger partial charge in [-0.25, -0.2) is 0 Å². The number of nitrogens with one attached hydrogen (secondary N) is 1. The van der Waals surface area contributed by atoms with Crippen LogP contribution in [-0.4, -0.2) is 50.9 Å². The summed E-state index contributed by atoms with van der Waals surface area (Å²) in [6.45, 7) is 1.40. The molecule has 8 nitrogen and oxygen atoms in total. The first-order valence-corrected chi connectivity index (χ1v) is 8.94. The van der Waals surface area contributed by atoms with E-state index in [-0.39, 0.29) is 17.9 Å². The molecule has 1 saturated heterocycles. The van der Waals surface area contributed by atoms with Crippen molar-refractivity contribution < 1.29 is 9.32 Å². The minimum absolute atomic E-state index is 0.0751. The maximum absolute atomic E-state index is 13.0. The van der Waals surface area contributed by atoms with Crippen molar-refractivity contribution in [2.75, 3.05) is 20.1 Å². The minimum Gasteiger partial charge on any atom is -0.340 e. The summed E-state index contributed by atoms with van der Waals surface area (Å²) in [6, 6.07) is -0.375. The fourth-order valence-corrected chi connectivity index (χ4v) is 3.50. The Morgan fingerprint density at radius 1 is 1.36 bits per heavy atom. The van der Waals surface area contributed by atoms with Crippen LogP contribution in [0.4, 0.5) is 0 Å². The normalized spacial score (nSPS) is 22.2. The summed E-state index contributed by atoms with van der Waals surface area (Å²) in [6.07, 6.45) is 7.85. The molecule has 2 aliphatic rings. The molecule has 1 aliphatic heterocycles. The molecule has 4 rings (SSSR count). The second-order valence-electron chi connectivity index (χ2n) is 7.06. The molecular formula is C17H24N6O2. The van der Waals surface area contributed by atoms with Crippen LogP contribution in [0.1, 0.15) is 60.8 Å². The van der Waals surface area contributed by atoms with Crippen molar-refractivity contribution in [2.45, 2.75) is 43.6 Å². The van der Waals surface area contributed by atoms with E-state index in [0.717, 1.165) is 49.5 Å². The SMILES string of the molecule is CNC(C(=O)N1CCCC(c2noc(C3CC3)n2)C1)c1cnn(C)c1. The lowest BCUT2D eigenvalue weighted by atomic mass is 9.96. The number of carbonyl (C=O) groups is 1. The Bertz CT molecular complexity index is 750. The molecule has 0 spiro atoms. The average Bonchev–Trinajstić information content (AvgIpc) is 3.20.